The lowest BCUT2D eigenvalue weighted by Crippen LogP contribution is -2.37. The summed E-state index contributed by atoms with van der Waals surface area (Å²) in [6.07, 6.45) is 6.99. The van der Waals surface area contributed by atoms with Gasteiger partial charge in [-0.25, -0.2) is 0 Å². The fourth-order valence-corrected chi connectivity index (χ4v) is 1.95. The minimum atomic E-state index is 0.823. The minimum absolute atomic E-state index is 0.823. The molecule has 0 bridgehead atoms. The van der Waals surface area contributed by atoms with E-state index in [2.05, 4.69) is 19.2 Å². The summed E-state index contributed by atoms with van der Waals surface area (Å²) < 4.78 is 0. The van der Waals surface area contributed by atoms with Gasteiger partial charge >= 0.3 is 0 Å². The van der Waals surface area contributed by atoms with Crippen molar-refractivity contribution in [2.75, 3.05) is 6.54 Å². The molecular weight excluding hydrogens is 134 g/mol. The molecule has 0 amide bonds. The zero-order valence-corrected chi connectivity index (χ0v) is 7.90. The first-order valence-corrected chi connectivity index (χ1v) is 5.08. The molecule has 0 aromatic heterocycles. The summed E-state index contributed by atoms with van der Waals surface area (Å²) >= 11 is 0. The third-order valence-corrected chi connectivity index (χ3v) is 2.77. The predicted octanol–water partition coefficient (Wildman–Crippen LogP) is 2.56. The van der Waals surface area contributed by atoms with Crippen molar-refractivity contribution in [2.24, 2.45) is 5.92 Å². The Kier molecular flexibility index (Phi) is 3.92. The van der Waals surface area contributed by atoms with Gasteiger partial charge in [-0.15, -0.1) is 0 Å². The van der Waals surface area contributed by atoms with Gasteiger partial charge in [-0.05, 0) is 31.7 Å². The maximum atomic E-state index is 3.62. The molecule has 1 saturated carbocycles. The molecule has 1 heteroatoms. The molecule has 1 fully saturated rings. The van der Waals surface area contributed by atoms with Crippen LogP contribution in [0, 0.1) is 5.92 Å². The molecule has 1 aliphatic carbocycles. The summed E-state index contributed by atoms with van der Waals surface area (Å²) in [6.45, 7) is 5.82. The van der Waals surface area contributed by atoms with E-state index >= 15 is 0 Å². The molecule has 0 radical (unpaired) electrons. The second-order valence-electron chi connectivity index (χ2n) is 3.82. The largest absolute Gasteiger partial charge is 0.314 e. The molecule has 1 N–H and O–H groups in total. The van der Waals surface area contributed by atoms with Gasteiger partial charge < -0.3 is 5.32 Å². The van der Waals surface area contributed by atoms with E-state index in [4.69, 9.17) is 0 Å². The van der Waals surface area contributed by atoms with Crippen LogP contribution in [0.3, 0.4) is 0 Å². The Morgan fingerprint density at radius 3 is 2.64 bits per heavy atom. The molecule has 0 aliphatic heterocycles. The lowest BCUT2D eigenvalue weighted by molar-refractivity contribution is 0.281. The van der Waals surface area contributed by atoms with Gasteiger partial charge in [0.1, 0.15) is 0 Å². The molecule has 11 heavy (non-hydrogen) atoms. The normalized spacial score (nSPS) is 32.2. The van der Waals surface area contributed by atoms with E-state index in [-0.39, 0.29) is 0 Å². The first-order valence-electron chi connectivity index (χ1n) is 5.08. The van der Waals surface area contributed by atoms with Gasteiger partial charge in [-0.3, -0.25) is 0 Å². The van der Waals surface area contributed by atoms with Gasteiger partial charge in [0.15, 0.2) is 0 Å². The number of hydrogen-bond acceptors (Lipinski definition) is 1. The number of nitrogens with one attached hydrogen (secondary N) is 1. The molecule has 0 aromatic rings. The van der Waals surface area contributed by atoms with Crippen LogP contribution in [0.25, 0.3) is 0 Å². The Morgan fingerprint density at radius 1 is 1.27 bits per heavy atom. The van der Waals surface area contributed by atoms with Gasteiger partial charge in [0.25, 0.3) is 0 Å². The lowest BCUT2D eigenvalue weighted by atomic mass is 9.86. The quantitative estimate of drug-likeness (QED) is 0.660. The lowest BCUT2D eigenvalue weighted by Gasteiger charge is -2.29. The van der Waals surface area contributed by atoms with Crippen LogP contribution >= 0.6 is 0 Å². The second-order valence-corrected chi connectivity index (χ2v) is 3.82. The first-order chi connectivity index (χ1) is 5.34. The highest BCUT2D eigenvalue weighted by molar-refractivity contribution is 4.77. The summed E-state index contributed by atoms with van der Waals surface area (Å²) in [6, 6.07) is 0.823. The fourth-order valence-electron chi connectivity index (χ4n) is 1.95. The molecule has 0 heterocycles. The van der Waals surface area contributed by atoms with E-state index in [0.717, 1.165) is 12.0 Å². The molecule has 2 atom stereocenters. The van der Waals surface area contributed by atoms with E-state index < -0.39 is 0 Å². The van der Waals surface area contributed by atoms with Crippen LogP contribution in [-0.4, -0.2) is 12.6 Å². The highest BCUT2D eigenvalue weighted by Crippen LogP contribution is 2.23. The van der Waals surface area contributed by atoms with Gasteiger partial charge in [0.05, 0.1) is 0 Å². The fraction of sp³-hybridized carbons (Fsp3) is 1.00. The van der Waals surface area contributed by atoms with E-state index in [0.29, 0.717) is 0 Å². The van der Waals surface area contributed by atoms with Gasteiger partial charge in [0, 0.05) is 6.04 Å². The Balaban J connectivity index is 2.18. The SMILES string of the molecule is CCCNC1CCCCC1C. The molecule has 1 aliphatic rings. The van der Waals surface area contributed by atoms with Gasteiger partial charge in [0.2, 0.25) is 0 Å². The van der Waals surface area contributed by atoms with Crippen LogP contribution in [0.15, 0.2) is 0 Å². The van der Waals surface area contributed by atoms with Crippen molar-refractivity contribution in [1.29, 1.82) is 0 Å². The number of hydrogen-bond donors (Lipinski definition) is 1. The Bertz CT molecular complexity index is 101. The predicted molar refractivity (Wildman–Crippen MR) is 49.7 cm³/mol. The smallest absolute Gasteiger partial charge is 0.00926 e. The van der Waals surface area contributed by atoms with Gasteiger partial charge in [-0.2, -0.15) is 0 Å². The molecular formula is C10H21N. The van der Waals surface area contributed by atoms with Crippen molar-refractivity contribution in [2.45, 2.75) is 52.0 Å². The molecule has 0 spiro atoms. The molecule has 1 rings (SSSR count). The van der Waals surface area contributed by atoms with Crippen LogP contribution in [0.4, 0.5) is 0 Å². The van der Waals surface area contributed by atoms with Crippen LogP contribution in [0.5, 0.6) is 0 Å². The summed E-state index contributed by atoms with van der Waals surface area (Å²) in [5.74, 6) is 0.912. The third kappa shape index (κ3) is 2.82. The first kappa shape index (κ1) is 9.05. The minimum Gasteiger partial charge on any atom is -0.314 e. The maximum absolute atomic E-state index is 3.62. The standard InChI is InChI=1S/C10H21N/c1-3-8-11-10-7-5-4-6-9(10)2/h9-11H,3-8H2,1-2H3. The molecule has 0 aromatic carbocycles. The topological polar surface area (TPSA) is 12.0 Å². The van der Waals surface area contributed by atoms with Gasteiger partial charge in [-0.1, -0.05) is 26.7 Å². The molecule has 0 saturated heterocycles. The number of rotatable bonds is 3. The zero-order chi connectivity index (χ0) is 8.10. The highest BCUT2D eigenvalue weighted by atomic mass is 14.9. The zero-order valence-electron chi connectivity index (χ0n) is 7.90. The molecule has 2 unspecified atom stereocenters. The van der Waals surface area contributed by atoms with Crippen molar-refractivity contribution in [3.05, 3.63) is 0 Å². The van der Waals surface area contributed by atoms with E-state index in [9.17, 15) is 0 Å². The maximum Gasteiger partial charge on any atom is 0.00926 e. The van der Waals surface area contributed by atoms with Crippen molar-refractivity contribution in [1.82, 2.24) is 5.32 Å². The Labute approximate surface area is 70.6 Å². The monoisotopic (exact) mass is 155 g/mol. The highest BCUT2D eigenvalue weighted by Gasteiger charge is 2.19. The van der Waals surface area contributed by atoms with Crippen molar-refractivity contribution in [3.8, 4) is 0 Å². The molecule has 1 nitrogen and oxygen atoms in total. The molecule has 66 valence electrons. The van der Waals surface area contributed by atoms with E-state index in [1.807, 2.05) is 0 Å². The van der Waals surface area contributed by atoms with Crippen LogP contribution in [0.2, 0.25) is 0 Å². The van der Waals surface area contributed by atoms with Crippen molar-refractivity contribution in [3.63, 3.8) is 0 Å². The van der Waals surface area contributed by atoms with Crippen molar-refractivity contribution >= 4 is 0 Å². The van der Waals surface area contributed by atoms with Crippen LogP contribution in [0.1, 0.15) is 46.0 Å². The third-order valence-electron chi connectivity index (χ3n) is 2.77. The van der Waals surface area contributed by atoms with Crippen LogP contribution < -0.4 is 5.32 Å². The summed E-state index contributed by atoms with van der Waals surface area (Å²) in [5.41, 5.74) is 0. The second kappa shape index (κ2) is 4.76. The van der Waals surface area contributed by atoms with Crippen LogP contribution in [-0.2, 0) is 0 Å². The average molecular weight is 155 g/mol. The Hall–Kier alpha value is -0.0400. The average Bonchev–Trinajstić information content (AvgIpc) is 2.03. The summed E-state index contributed by atoms with van der Waals surface area (Å²) in [7, 11) is 0. The Morgan fingerprint density at radius 2 is 2.00 bits per heavy atom. The van der Waals surface area contributed by atoms with E-state index in [1.165, 1.54) is 38.6 Å². The van der Waals surface area contributed by atoms with E-state index in [1.54, 1.807) is 0 Å². The van der Waals surface area contributed by atoms with Crippen molar-refractivity contribution < 1.29 is 0 Å². The summed E-state index contributed by atoms with van der Waals surface area (Å²) in [5, 5.41) is 3.62. The summed E-state index contributed by atoms with van der Waals surface area (Å²) in [4.78, 5) is 0.